The van der Waals surface area contributed by atoms with Crippen LogP contribution in [-0.2, 0) is 15.7 Å². The SMILES string of the molecule is C=C1CC(CC)CC(C)(C(=O)NCC2OCCC(O)C2O)C1.Nc1cncc(C(F)(F)F)n1. The first kappa shape index (κ1) is 27.0. The monoisotopic (exact) mass is 474 g/mol. The van der Waals surface area contributed by atoms with E-state index in [1.807, 2.05) is 6.92 Å². The van der Waals surface area contributed by atoms with Crippen LogP contribution >= 0.6 is 0 Å². The molecule has 1 aliphatic heterocycles. The molecule has 1 saturated carbocycles. The molecule has 1 amide bonds. The zero-order valence-corrected chi connectivity index (χ0v) is 18.9. The molecule has 2 fully saturated rings. The number of halogens is 3. The Morgan fingerprint density at radius 1 is 1.39 bits per heavy atom. The quantitative estimate of drug-likeness (QED) is 0.493. The lowest BCUT2D eigenvalue weighted by molar-refractivity contribution is -0.142. The molecular formula is C22H33F3N4O4. The number of anilines is 1. The van der Waals surface area contributed by atoms with E-state index in [2.05, 4.69) is 28.8 Å². The van der Waals surface area contributed by atoms with Gasteiger partial charge in [0.2, 0.25) is 5.91 Å². The van der Waals surface area contributed by atoms with Crippen molar-refractivity contribution in [3.63, 3.8) is 0 Å². The van der Waals surface area contributed by atoms with Crippen LogP contribution in [0.2, 0.25) is 0 Å². The highest BCUT2D eigenvalue weighted by atomic mass is 19.4. The van der Waals surface area contributed by atoms with Crippen molar-refractivity contribution in [2.75, 3.05) is 18.9 Å². The summed E-state index contributed by atoms with van der Waals surface area (Å²) in [6, 6.07) is 0. The molecule has 1 aromatic heterocycles. The highest BCUT2D eigenvalue weighted by Gasteiger charge is 2.40. The first-order chi connectivity index (χ1) is 15.4. The molecule has 1 aliphatic carbocycles. The molecule has 186 valence electrons. The zero-order chi connectivity index (χ0) is 24.8. The van der Waals surface area contributed by atoms with Gasteiger partial charge in [-0.25, -0.2) is 4.98 Å². The van der Waals surface area contributed by atoms with Crippen LogP contribution in [0.15, 0.2) is 24.5 Å². The van der Waals surface area contributed by atoms with Crippen molar-refractivity contribution in [1.29, 1.82) is 0 Å². The first-order valence-corrected chi connectivity index (χ1v) is 10.9. The number of hydrogen-bond donors (Lipinski definition) is 4. The highest BCUT2D eigenvalue weighted by Crippen LogP contribution is 2.42. The lowest BCUT2D eigenvalue weighted by Gasteiger charge is -2.39. The number of nitrogens with two attached hydrogens (primary N) is 1. The minimum Gasteiger partial charge on any atom is -0.390 e. The predicted octanol–water partition coefficient (Wildman–Crippen LogP) is 2.46. The number of hydrogen-bond acceptors (Lipinski definition) is 7. The number of alkyl halides is 3. The van der Waals surface area contributed by atoms with E-state index >= 15 is 0 Å². The number of nitrogen functional groups attached to an aromatic ring is 1. The molecule has 8 nitrogen and oxygen atoms in total. The topological polar surface area (TPSA) is 131 Å². The van der Waals surface area contributed by atoms with Gasteiger partial charge in [-0.15, -0.1) is 0 Å². The van der Waals surface area contributed by atoms with Gasteiger partial charge in [0, 0.05) is 13.2 Å². The summed E-state index contributed by atoms with van der Waals surface area (Å²) >= 11 is 0. The summed E-state index contributed by atoms with van der Waals surface area (Å²) in [7, 11) is 0. The average Bonchev–Trinajstić information content (AvgIpc) is 2.73. The number of amides is 1. The minimum atomic E-state index is -4.47. The van der Waals surface area contributed by atoms with Gasteiger partial charge >= 0.3 is 6.18 Å². The Bertz CT molecular complexity index is 823. The van der Waals surface area contributed by atoms with Crippen molar-refractivity contribution in [1.82, 2.24) is 15.3 Å². The Hall–Kier alpha value is -2.24. The molecule has 0 bridgehead atoms. The first-order valence-electron chi connectivity index (χ1n) is 10.9. The van der Waals surface area contributed by atoms with Crippen LogP contribution in [0.3, 0.4) is 0 Å². The molecule has 33 heavy (non-hydrogen) atoms. The Balaban J connectivity index is 0.000000294. The second kappa shape index (κ2) is 11.3. The summed E-state index contributed by atoms with van der Waals surface area (Å²) in [6.07, 6.45) is -0.970. The van der Waals surface area contributed by atoms with Crippen molar-refractivity contribution in [3.05, 3.63) is 30.2 Å². The average molecular weight is 475 g/mol. The van der Waals surface area contributed by atoms with Crippen molar-refractivity contribution in [3.8, 4) is 0 Å². The van der Waals surface area contributed by atoms with Gasteiger partial charge < -0.3 is 26.0 Å². The molecule has 0 spiro atoms. The molecule has 2 aliphatic rings. The van der Waals surface area contributed by atoms with Gasteiger partial charge in [0.15, 0.2) is 5.69 Å². The normalized spacial score (nSPS) is 30.2. The fraction of sp³-hybridized carbons (Fsp3) is 0.682. The number of nitrogens with zero attached hydrogens (tertiary/aromatic N) is 2. The van der Waals surface area contributed by atoms with Crippen LogP contribution < -0.4 is 11.1 Å². The van der Waals surface area contributed by atoms with E-state index in [9.17, 15) is 28.2 Å². The van der Waals surface area contributed by atoms with E-state index in [-0.39, 0.29) is 18.3 Å². The van der Waals surface area contributed by atoms with E-state index in [4.69, 9.17) is 10.5 Å². The van der Waals surface area contributed by atoms with E-state index in [1.54, 1.807) is 0 Å². The van der Waals surface area contributed by atoms with Crippen LogP contribution in [0.25, 0.3) is 0 Å². The third-order valence-corrected chi connectivity index (χ3v) is 6.01. The molecule has 5 N–H and O–H groups in total. The zero-order valence-electron chi connectivity index (χ0n) is 18.9. The largest absolute Gasteiger partial charge is 0.434 e. The maximum atomic E-state index is 12.6. The van der Waals surface area contributed by atoms with Crippen LogP contribution in [0, 0.1) is 11.3 Å². The molecular weight excluding hydrogens is 441 g/mol. The number of aliphatic hydroxyl groups excluding tert-OH is 2. The van der Waals surface area contributed by atoms with Crippen molar-refractivity contribution in [2.24, 2.45) is 11.3 Å². The molecule has 1 aromatic rings. The highest BCUT2D eigenvalue weighted by molar-refractivity contribution is 5.82. The molecule has 2 heterocycles. The predicted molar refractivity (Wildman–Crippen MR) is 116 cm³/mol. The van der Waals surface area contributed by atoms with Crippen molar-refractivity contribution in [2.45, 2.75) is 70.4 Å². The Kier molecular flexibility index (Phi) is 9.21. The number of carbonyl (C=O) groups excluding carboxylic acids is 1. The van der Waals surface area contributed by atoms with Crippen LogP contribution in [0.5, 0.6) is 0 Å². The van der Waals surface area contributed by atoms with Gasteiger partial charge in [0.1, 0.15) is 18.0 Å². The van der Waals surface area contributed by atoms with Gasteiger partial charge in [0.05, 0.1) is 23.9 Å². The second-order valence-electron chi connectivity index (χ2n) is 8.96. The molecule has 5 unspecified atom stereocenters. The summed E-state index contributed by atoms with van der Waals surface area (Å²) < 4.78 is 40.9. The third-order valence-electron chi connectivity index (χ3n) is 6.01. The summed E-state index contributed by atoms with van der Waals surface area (Å²) in [4.78, 5) is 18.9. The standard InChI is InChI=1S/C17H29NO4.C5H4F3N3/c1-4-12-7-11(2)8-17(3,9-12)16(21)18-10-14-15(20)13(19)5-6-22-14;6-5(7,8)3-1-10-2-4(9)11-3/h12-15,19-20H,2,4-10H2,1,3H3,(H,18,21);1-2H,(H2,9,11). The smallest absolute Gasteiger partial charge is 0.390 e. The van der Waals surface area contributed by atoms with Gasteiger partial charge in [-0.1, -0.05) is 32.4 Å². The van der Waals surface area contributed by atoms with Crippen LogP contribution in [0.4, 0.5) is 19.0 Å². The number of aliphatic hydroxyl groups is 2. The van der Waals surface area contributed by atoms with E-state index in [1.165, 1.54) is 0 Å². The summed E-state index contributed by atoms with van der Waals surface area (Å²) in [5.74, 6) is 0.262. The number of rotatable bonds is 4. The number of allylic oxidation sites excluding steroid dienone is 1. The molecule has 1 saturated heterocycles. The number of nitrogens with one attached hydrogen (secondary N) is 1. The molecule has 11 heteroatoms. The van der Waals surface area contributed by atoms with Gasteiger partial charge in [-0.05, 0) is 31.6 Å². The molecule has 5 atom stereocenters. The van der Waals surface area contributed by atoms with Gasteiger partial charge in [-0.3, -0.25) is 9.78 Å². The fourth-order valence-corrected chi connectivity index (χ4v) is 4.24. The van der Waals surface area contributed by atoms with Gasteiger partial charge in [0.25, 0.3) is 0 Å². The molecule has 0 radical (unpaired) electrons. The second-order valence-corrected chi connectivity index (χ2v) is 8.96. The van der Waals surface area contributed by atoms with E-state index < -0.39 is 35.6 Å². The summed E-state index contributed by atoms with van der Waals surface area (Å²) in [5, 5.41) is 22.5. The Morgan fingerprint density at radius 3 is 2.67 bits per heavy atom. The fourth-order valence-electron chi connectivity index (χ4n) is 4.24. The van der Waals surface area contributed by atoms with Crippen molar-refractivity contribution >= 4 is 11.7 Å². The Morgan fingerprint density at radius 2 is 2.09 bits per heavy atom. The Labute approximate surface area is 191 Å². The maximum absolute atomic E-state index is 12.6. The number of aromatic nitrogens is 2. The minimum absolute atomic E-state index is 0.0114. The van der Waals surface area contributed by atoms with E-state index in [0.717, 1.165) is 31.0 Å². The summed E-state index contributed by atoms with van der Waals surface area (Å²) in [6.45, 7) is 8.86. The van der Waals surface area contributed by atoms with Crippen LogP contribution in [-0.4, -0.2) is 57.6 Å². The lowest BCUT2D eigenvalue weighted by Crippen LogP contribution is -2.52. The summed E-state index contributed by atoms with van der Waals surface area (Å²) in [5.41, 5.74) is 4.61. The maximum Gasteiger partial charge on any atom is 0.434 e. The van der Waals surface area contributed by atoms with E-state index in [0.29, 0.717) is 31.6 Å². The molecule has 3 rings (SSSR count). The van der Waals surface area contributed by atoms with Gasteiger partial charge in [-0.2, -0.15) is 13.2 Å². The van der Waals surface area contributed by atoms with Crippen LogP contribution in [0.1, 0.15) is 51.6 Å². The lowest BCUT2D eigenvalue weighted by atomic mass is 9.68. The molecule has 0 aromatic carbocycles. The number of ether oxygens (including phenoxy) is 1. The van der Waals surface area contributed by atoms with Crippen molar-refractivity contribution < 1.29 is 32.9 Å². The third kappa shape index (κ3) is 7.65. The number of carbonyl (C=O) groups is 1.